The zero-order valence-corrected chi connectivity index (χ0v) is 20.2. The smallest absolute Gasteiger partial charge is 0.417 e. The van der Waals surface area contributed by atoms with Crippen LogP contribution in [0.3, 0.4) is 0 Å². The highest BCUT2D eigenvalue weighted by atomic mass is 16.5. The summed E-state index contributed by atoms with van der Waals surface area (Å²) in [5.74, 6) is 1.12. The van der Waals surface area contributed by atoms with E-state index in [1.54, 1.807) is 62.5 Å². The second-order valence-electron chi connectivity index (χ2n) is 8.81. The summed E-state index contributed by atoms with van der Waals surface area (Å²) in [7, 11) is 1.58. The van der Waals surface area contributed by atoms with Crippen LogP contribution in [0.5, 0.6) is 5.75 Å². The van der Waals surface area contributed by atoms with E-state index in [1.807, 2.05) is 6.92 Å². The highest BCUT2D eigenvalue weighted by molar-refractivity contribution is 6.01. The minimum absolute atomic E-state index is 0.185. The fourth-order valence-corrected chi connectivity index (χ4v) is 3.84. The third-order valence-corrected chi connectivity index (χ3v) is 5.64. The van der Waals surface area contributed by atoms with Gasteiger partial charge in [-0.15, -0.1) is 0 Å². The van der Waals surface area contributed by atoms with Crippen molar-refractivity contribution in [2.75, 3.05) is 35.8 Å². The fraction of sp³-hybridized carbons (Fsp3) is 0.292. The van der Waals surface area contributed by atoms with Gasteiger partial charge in [0, 0.05) is 30.6 Å². The predicted octanol–water partition coefficient (Wildman–Crippen LogP) is 3.25. The van der Waals surface area contributed by atoms with Crippen molar-refractivity contribution in [2.45, 2.75) is 26.4 Å². The SMILES string of the molecule is COCCN1C(=O)C(C)(C)Oc2cc(Nc3ncc(C)c(Nc4ccc5oc(=O)[nH]c5c4)n3)cnc21. The molecule has 36 heavy (non-hydrogen) atoms. The molecule has 0 spiro atoms. The molecule has 3 N–H and O–H groups in total. The Hall–Kier alpha value is -4.45. The zero-order valence-electron chi connectivity index (χ0n) is 20.2. The first kappa shape index (κ1) is 23.3. The number of aromatic nitrogens is 4. The number of fused-ring (bicyclic) bond motifs is 2. The lowest BCUT2D eigenvalue weighted by atomic mass is 10.1. The normalized spacial score (nSPS) is 14.4. The van der Waals surface area contributed by atoms with Crippen LogP contribution in [0.1, 0.15) is 19.4 Å². The van der Waals surface area contributed by atoms with Crippen LogP contribution in [0.2, 0.25) is 0 Å². The van der Waals surface area contributed by atoms with E-state index in [0.717, 1.165) is 11.3 Å². The van der Waals surface area contributed by atoms with Gasteiger partial charge in [-0.1, -0.05) is 0 Å². The van der Waals surface area contributed by atoms with Crippen LogP contribution in [-0.2, 0) is 9.53 Å². The van der Waals surface area contributed by atoms with Crippen LogP contribution < -0.4 is 26.0 Å². The molecule has 1 aliphatic heterocycles. The molecule has 1 aliphatic rings. The van der Waals surface area contributed by atoms with Crippen LogP contribution in [0, 0.1) is 6.92 Å². The van der Waals surface area contributed by atoms with Crippen molar-refractivity contribution < 1.29 is 18.7 Å². The van der Waals surface area contributed by atoms with E-state index < -0.39 is 11.4 Å². The lowest BCUT2D eigenvalue weighted by Gasteiger charge is -2.37. The number of aromatic amines is 1. The van der Waals surface area contributed by atoms with Crippen molar-refractivity contribution in [3.8, 4) is 5.75 Å². The quantitative estimate of drug-likeness (QED) is 0.352. The molecule has 0 atom stereocenters. The van der Waals surface area contributed by atoms with Crippen molar-refractivity contribution in [1.82, 2.24) is 19.9 Å². The van der Waals surface area contributed by atoms with Gasteiger partial charge < -0.3 is 24.5 Å². The number of aryl methyl sites for hydroxylation is 1. The molecule has 12 heteroatoms. The number of nitrogens with zero attached hydrogens (tertiary/aromatic N) is 4. The van der Waals surface area contributed by atoms with E-state index in [2.05, 4.69) is 30.6 Å². The van der Waals surface area contributed by atoms with E-state index in [-0.39, 0.29) is 5.91 Å². The molecule has 186 valence electrons. The molecule has 0 radical (unpaired) electrons. The van der Waals surface area contributed by atoms with Crippen LogP contribution in [0.4, 0.5) is 29.0 Å². The molecule has 0 bridgehead atoms. The number of rotatable bonds is 7. The van der Waals surface area contributed by atoms with Gasteiger partial charge in [0.2, 0.25) is 5.95 Å². The standard InChI is InChI=1S/C24H25N7O5/c1-13-11-26-22(30-19(13)27-14-5-6-17-16(9-14)29-23(33)35-17)28-15-10-18-20(25-12-15)31(7-8-34-4)21(32)24(2,3)36-18/h5-6,9-12H,7-8H2,1-4H3,(H,29,33)(H2,26,27,28,30). The third kappa shape index (κ3) is 4.45. The summed E-state index contributed by atoms with van der Waals surface area (Å²) in [6.45, 7) is 6.06. The van der Waals surface area contributed by atoms with Gasteiger partial charge in [-0.2, -0.15) is 4.98 Å². The Morgan fingerprint density at radius 1 is 1.11 bits per heavy atom. The van der Waals surface area contributed by atoms with Crippen molar-refractivity contribution >= 4 is 46.0 Å². The number of benzene rings is 1. The van der Waals surface area contributed by atoms with Crippen molar-refractivity contribution in [3.63, 3.8) is 0 Å². The van der Waals surface area contributed by atoms with Crippen molar-refractivity contribution in [3.05, 3.63) is 52.8 Å². The lowest BCUT2D eigenvalue weighted by Crippen LogP contribution is -2.53. The number of pyridine rings is 1. The van der Waals surface area contributed by atoms with Crippen LogP contribution in [-0.4, -0.2) is 51.7 Å². The Balaban J connectivity index is 1.39. The maximum Gasteiger partial charge on any atom is 0.417 e. The summed E-state index contributed by atoms with van der Waals surface area (Å²) in [4.78, 5) is 41.9. The first-order valence-electron chi connectivity index (χ1n) is 11.2. The number of methoxy groups -OCH3 is 1. The second kappa shape index (κ2) is 8.96. The van der Waals surface area contributed by atoms with Crippen LogP contribution in [0.15, 0.2) is 45.9 Å². The summed E-state index contributed by atoms with van der Waals surface area (Å²) in [6.07, 6.45) is 3.28. The molecule has 1 amide bonds. The summed E-state index contributed by atoms with van der Waals surface area (Å²) < 4.78 is 16.2. The average Bonchev–Trinajstić information content (AvgIpc) is 3.21. The number of amides is 1. The van der Waals surface area contributed by atoms with Crippen molar-refractivity contribution in [1.29, 1.82) is 0 Å². The van der Waals surface area contributed by atoms with Gasteiger partial charge >= 0.3 is 5.76 Å². The van der Waals surface area contributed by atoms with E-state index in [4.69, 9.17) is 13.9 Å². The minimum Gasteiger partial charge on any atom is -0.474 e. The Bertz CT molecular complexity index is 1510. The number of nitrogens with one attached hydrogen (secondary N) is 3. The number of carbonyl (C=O) groups excluding carboxylic acids is 1. The number of anilines is 5. The summed E-state index contributed by atoms with van der Waals surface area (Å²) in [5, 5.41) is 6.38. The highest BCUT2D eigenvalue weighted by Gasteiger charge is 2.41. The number of ether oxygens (including phenoxy) is 2. The molecule has 0 saturated carbocycles. The molecule has 12 nitrogen and oxygen atoms in total. The summed E-state index contributed by atoms with van der Waals surface area (Å²) in [5.41, 5.74) is 2.15. The van der Waals surface area contributed by atoms with Gasteiger partial charge in [0.15, 0.2) is 22.8 Å². The minimum atomic E-state index is -1.04. The fourth-order valence-electron chi connectivity index (χ4n) is 3.84. The number of carbonyl (C=O) groups is 1. The largest absolute Gasteiger partial charge is 0.474 e. The van der Waals surface area contributed by atoms with Gasteiger partial charge in [-0.05, 0) is 39.0 Å². The molecule has 4 heterocycles. The van der Waals surface area contributed by atoms with Gasteiger partial charge in [-0.25, -0.2) is 14.8 Å². The van der Waals surface area contributed by atoms with Crippen LogP contribution in [0.25, 0.3) is 11.1 Å². The number of hydrogen-bond donors (Lipinski definition) is 3. The molecule has 5 rings (SSSR count). The average molecular weight is 492 g/mol. The van der Waals surface area contributed by atoms with Gasteiger partial charge in [0.25, 0.3) is 5.91 Å². The molecule has 1 aromatic carbocycles. The van der Waals surface area contributed by atoms with E-state index >= 15 is 0 Å². The monoisotopic (exact) mass is 491 g/mol. The molecule has 4 aromatic rings. The second-order valence-corrected chi connectivity index (χ2v) is 8.81. The van der Waals surface area contributed by atoms with E-state index in [9.17, 15) is 9.59 Å². The number of H-pyrrole nitrogens is 1. The van der Waals surface area contributed by atoms with E-state index in [0.29, 0.717) is 53.3 Å². The zero-order chi connectivity index (χ0) is 25.4. The molecule has 0 unspecified atom stereocenters. The first-order valence-corrected chi connectivity index (χ1v) is 11.2. The van der Waals surface area contributed by atoms with Gasteiger partial charge in [0.1, 0.15) is 5.82 Å². The Labute approximate surface area is 205 Å². The summed E-state index contributed by atoms with van der Waals surface area (Å²) >= 11 is 0. The first-order chi connectivity index (χ1) is 17.2. The number of hydrogen-bond acceptors (Lipinski definition) is 10. The Kier molecular flexibility index (Phi) is 5.80. The Morgan fingerprint density at radius 3 is 2.75 bits per heavy atom. The van der Waals surface area contributed by atoms with Gasteiger partial charge in [0.05, 0.1) is 30.6 Å². The lowest BCUT2D eigenvalue weighted by molar-refractivity contribution is -0.132. The molecule has 0 fully saturated rings. The molecular formula is C24H25N7O5. The molecule has 0 aliphatic carbocycles. The molecule has 0 saturated heterocycles. The highest BCUT2D eigenvalue weighted by Crippen LogP contribution is 2.38. The van der Waals surface area contributed by atoms with Gasteiger partial charge in [-0.3, -0.25) is 14.7 Å². The van der Waals surface area contributed by atoms with Crippen LogP contribution >= 0.6 is 0 Å². The van der Waals surface area contributed by atoms with E-state index in [1.165, 1.54) is 0 Å². The predicted molar refractivity (Wildman–Crippen MR) is 133 cm³/mol. The topological polar surface area (TPSA) is 148 Å². The maximum absolute atomic E-state index is 12.8. The summed E-state index contributed by atoms with van der Waals surface area (Å²) in [6, 6.07) is 7.01. The van der Waals surface area contributed by atoms with Crippen molar-refractivity contribution in [2.24, 2.45) is 0 Å². The number of oxazole rings is 1. The third-order valence-electron chi connectivity index (χ3n) is 5.64. The molecule has 3 aromatic heterocycles. The Morgan fingerprint density at radius 2 is 1.94 bits per heavy atom. The maximum atomic E-state index is 12.8. The molecular weight excluding hydrogens is 466 g/mol.